The molecule has 0 unspecified atom stereocenters. The van der Waals surface area contributed by atoms with Crippen LogP contribution in [0.2, 0.25) is 0 Å². The second kappa shape index (κ2) is 6.32. The fourth-order valence-corrected chi connectivity index (χ4v) is 1.29. The van der Waals surface area contributed by atoms with Gasteiger partial charge in [0.1, 0.15) is 5.82 Å². The normalized spacial score (nSPS) is 11.1. The molecule has 1 rings (SSSR count). The molecule has 2 nitrogen and oxygen atoms in total. The van der Waals surface area contributed by atoms with Gasteiger partial charge in [-0.1, -0.05) is 18.2 Å². The zero-order valence-electron chi connectivity index (χ0n) is 8.96. The van der Waals surface area contributed by atoms with E-state index >= 15 is 0 Å². The van der Waals surface area contributed by atoms with Gasteiger partial charge in [-0.25, -0.2) is 4.39 Å². The lowest BCUT2D eigenvalue weighted by Gasteiger charge is -2.00. The molecule has 0 heterocycles. The first-order chi connectivity index (χ1) is 7.27. The van der Waals surface area contributed by atoms with Crippen molar-refractivity contribution in [1.29, 1.82) is 0 Å². The largest absolute Gasteiger partial charge is 0.326 e. The molecule has 0 fully saturated rings. The molecule has 3 N–H and O–H groups in total. The maximum Gasteiger partial charge on any atom is 0.130 e. The summed E-state index contributed by atoms with van der Waals surface area (Å²) in [4.78, 5) is 0. The highest BCUT2D eigenvalue weighted by atomic mass is 19.1. The van der Waals surface area contributed by atoms with Crippen molar-refractivity contribution in [3.63, 3.8) is 0 Å². The van der Waals surface area contributed by atoms with Crippen LogP contribution in [0.15, 0.2) is 24.3 Å². The second-order valence-corrected chi connectivity index (χ2v) is 3.35. The summed E-state index contributed by atoms with van der Waals surface area (Å²) in [6.07, 6.45) is 4.64. The lowest BCUT2D eigenvalue weighted by Crippen LogP contribution is -2.05. The molecule has 0 saturated heterocycles. The molecule has 0 atom stereocenters. The van der Waals surface area contributed by atoms with E-state index in [0.29, 0.717) is 12.1 Å². The van der Waals surface area contributed by atoms with Gasteiger partial charge in [0.25, 0.3) is 0 Å². The number of nitrogens with one attached hydrogen (secondary N) is 1. The molecular weight excluding hydrogens is 191 g/mol. The van der Waals surface area contributed by atoms with Crippen LogP contribution in [0.3, 0.4) is 0 Å². The second-order valence-electron chi connectivity index (χ2n) is 3.35. The zero-order chi connectivity index (χ0) is 11.1. The zero-order valence-corrected chi connectivity index (χ0v) is 8.96. The van der Waals surface area contributed by atoms with Crippen molar-refractivity contribution >= 4 is 6.08 Å². The van der Waals surface area contributed by atoms with Crippen molar-refractivity contribution in [2.24, 2.45) is 5.73 Å². The third-order valence-corrected chi connectivity index (χ3v) is 2.15. The Labute approximate surface area is 90.0 Å². The quantitative estimate of drug-likeness (QED) is 0.725. The Kier molecular flexibility index (Phi) is 5.01. The Morgan fingerprint density at radius 1 is 1.47 bits per heavy atom. The smallest absolute Gasteiger partial charge is 0.130 e. The van der Waals surface area contributed by atoms with Crippen LogP contribution in [0, 0.1) is 5.82 Å². The first kappa shape index (κ1) is 11.9. The number of nitrogens with two attached hydrogens (primary N) is 1. The van der Waals surface area contributed by atoms with Gasteiger partial charge >= 0.3 is 0 Å². The lowest BCUT2D eigenvalue weighted by atomic mass is 10.1. The summed E-state index contributed by atoms with van der Waals surface area (Å²) in [5.74, 6) is -0.201. The number of hydrogen-bond acceptors (Lipinski definition) is 2. The maximum absolute atomic E-state index is 13.3. The van der Waals surface area contributed by atoms with Crippen LogP contribution in [0.5, 0.6) is 0 Å². The highest BCUT2D eigenvalue weighted by molar-refractivity contribution is 5.51. The highest BCUT2D eigenvalue weighted by Crippen LogP contribution is 2.12. The van der Waals surface area contributed by atoms with Crippen molar-refractivity contribution in [2.45, 2.75) is 13.0 Å². The Morgan fingerprint density at radius 3 is 2.93 bits per heavy atom. The van der Waals surface area contributed by atoms with Crippen LogP contribution in [0.4, 0.5) is 4.39 Å². The first-order valence-corrected chi connectivity index (χ1v) is 5.07. The molecule has 15 heavy (non-hydrogen) atoms. The molecule has 0 aromatic heterocycles. The summed E-state index contributed by atoms with van der Waals surface area (Å²) >= 11 is 0. The van der Waals surface area contributed by atoms with E-state index in [0.717, 1.165) is 18.5 Å². The highest BCUT2D eigenvalue weighted by Gasteiger charge is 1.98. The predicted octanol–water partition coefficient (Wildman–Crippen LogP) is 1.91. The van der Waals surface area contributed by atoms with Crippen molar-refractivity contribution in [1.82, 2.24) is 5.32 Å². The van der Waals surface area contributed by atoms with E-state index < -0.39 is 0 Å². The van der Waals surface area contributed by atoms with Crippen molar-refractivity contribution in [3.05, 3.63) is 41.2 Å². The molecule has 0 radical (unpaired) electrons. The summed E-state index contributed by atoms with van der Waals surface area (Å²) in [7, 11) is 1.89. The van der Waals surface area contributed by atoms with Crippen LogP contribution in [0.25, 0.3) is 6.08 Å². The Balaban J connectivity index is 2.70. The van der Waals surface area contributed by atoms with Gasteiger partial charge in [-0.3, -0.25) is 0 Å². The van der Waals surface area contributed by atoms with E-state index in [1.54, 1.807) is 18.2 Å². The number of rotatable bonds is 5. The minimum absolute atomic E-state index is 0.201. The van der Waals surface area contributed by atoms with E-state index in [2.05, 4.69) is 5.32 Å². The van der Waals surface area contributed by atoms with E-state index in [9.17, 15) is 4.39 Å². The van der Waals surface area contributed by atoms with Gasteiger partial charge in [-0.15, -0.1) is 0 Å². The Bertz CT molecular complexity index is 334. The first-order valence-electron chi connectivity index (χ1n) is 5.07. The molecule has 82 valence electrons. The third kappa shape index (κ3) is 3.81. The van der Waals surface area contributed by atoms with Gasteiger partial charge in [-0.2, -0.15) is 0 Å². The molecule has 0 amide bonds. The van der Waals surface area contributed by atoms with Gasteiger partial charge in [0.15, 0.2) is 0 Å². The van der Waals surface area contributed by atoms with E-state index in [-0.39, 0.29) is 5.82 Å². The van der Waals surface area contributed by atoms with Crippen LogP contribution in [0.1, 0.15) is 17.5 Å². The number of halogens is 1. The summed E-state index contributed by atoms with van der Waals surface area (Å²) in [5.41, 5.74) is 7.04. The maximum atomic E-state index is 13.3. The van der Waals surface area contributed by atoms with E-state index in [4.69, 9.17) is 5.73 Å². The van der Waals surface area contributed by atoms with Gasteiger partial charge < -0.3 is 11.1 Å². The number of hydrogen-bond donors (Lipinski definition) is 2. The summed E-state index contributed by atoms with van der Waals surface area (Å²) in [5, 5.41) is 3.03. The molecule has 0 aliphatic heterocycles. The fourth-order valence-electron chi connectivity index (χ4n) is 1.29. The molecule has 0 saturated carbocycles. The average Bonchev–Trinajstić information content (AvgIpc) is 2.26. The van der Waals surface area contributed by atoms with Crippen molar-refractivity contribution in [2.75, 3.05) is 13.6 Å². The molecule has 3 heteroatoms. The third-order valence-electron chi connectivity index (χ3n) is 2.15. The monoisotopic (exact) mass is 208 g/mol. The van der Waals surface area contributed by atoms with E-state index in [1.165, 1.54) is 6.07 Å². The fraction of sp³-hybridized carbons (Fsp3) is 0.333. The standard InChI is InChI=1S/C12H17FN2/c1-15-7-3-2-4-11-8-10(9-14)5-6-12(11)13/h2,4-6,8,15H,3,7,9,14H2,1H3. The van der Waals surface area contributed by atoms with Gasteiger partial charge in [0.2, 0.25) is 0 Å². The van der Waals surface area contributed by atoms with Gasteiger partial charge in [0.05, 0.1) is 0 Å². The summed E-state index contributed by atoms with van der Waals surface area (Å²) in [6, 6.07) is 4.95. The molecule has 0 aliphatic rings. The van der Waals surface area contributed by atoms with Crippen LogP contribution in [-0.4, -0.2) is 13.6 Å². The molecule has 1 aromatic carbocycles. The molecule has 0 aliphatic carbocycles. The minimum Gasteiger partial charge on any atom is -0.326 e. The minimum atomic E-state index is -0.201. The summed E-state index contributed by atoms with van der Waals surface area (Å²) in [6.45, 7) is 1.34. The summed E-state index contributed by atoms with van der Waals surface area (Å²) < 4.78 is 13.3. The SMILES string of the molecule is CNCCC=Cc1cc(CN)ccc1F. The van der Waals surface area contributed by atoms with Gasteiger partial charge in [-0.05, 0) is 37.7 Å². The molecule has 0 spiro atoms. The van der Waals surface area contributed by atoms with Crippen LogP contribution in [-0.2, 0) is 6.54 Å². The number of benzene rings is 1. The molecule has 0 bridgehead atoms. The predicted molar refractivity (Wildman–Crippen MR) is 61.9 cm³/mol. The topological polar surface area (TPSA) is 38.0 Å². The van der Waals surface area contributed by atoms with Crippen LogP contribution < -0.4 is 11.1 Å². The Hall–Kier alpha value is -1.19. The average molecular weight is 208 g/mol. The van der Waals surface area contributed by atoms with E-state index in [1.807, 2.05) is 13.1 Å². The van der Waals surface area contributed by atoms with Crippen molar-refractivity contribution in [3.8, 4) is 0 Å². The molecule has 1 aromatic rings. The molecular formula is C12H17FN2. The van der Waals surface area contributed by atoms with Gasteiger partial charge in [0, 0.05) is 12.1 Å². The Morgan fingerprint density at radius 2 is 2.27 bits per heavy atom. The van der Waals surface area contributed by atoms with Crippen LogP contribution >= 0.6 is 0 Å². The van der Waals surface area contributed by atoms with Crippen molar-refractivity contribution < 1.29 is 4.39 Å². The lowest BCUT2D eigenvalue weighted by molar-refractivity contribution is 0.624.